The Hall–Kier alpha value is -2.77. The SMILES string of the molecule is Cc1cccnc1Nc1nc[nH]c(=O)c1[N+](=O)[O-]. The van der Waals surface area contributed by atoms with E-state index in [2.05, 4.69) is 20.3 Å². The summed E-state index contributed by atoms with van der Waals surface area (Å²) in [6, 6.07) is 3.52. The molecule has 2 aromatic heterocycles. The van der Waals surface area contributed by atoms with Crippen LogP contribution in [0.4, 0.5) is 17.3 Å². The maximum absolute atomic E-state index is 11.4. The molecule has 0 spiro atoms. The van der Waals surface area contributed by atoms with E-state index in [1.807, 2.05) is 0 Å². The van der Waals surface area contributed by atoms with E-state index < -0.39 is 16.2 Å². The first-order chi connectivity index (χ1) is 8.59. The Morgan fingerprint density at radius 2 is 2.17 bits per heavy atom. The third-order valence-corrected chi connectivity index (χ3v) is 2.26. The van der Waals surface area contributed by atoms with Crippen LogP contribution >= 0.6 is 0 Å². The van der Waals surface area contributed by atoms with Gasteiger partial charge in [-0.15, -0.1) is 0 Å². The molecule has 0 aliphatic rings. The summed E-state index contributed by atoms with van der Waals surface area (Å²) in [7, 11) is 0. The number of nitrogens with one attached hydrogen (secondary N) is 2. The van der Waals surface area contributed by atoms with Gasteiger partial charge in [0.1, 0.15) is 5.82 Å². The van der Waals surface area contributed by atoms with E-state index in [0.29, 0.717) is 5.82 Å². The maximum atomic E-state index is 11.4. The van der Waals surface area contributed by atoms with Crippen molar-refractivity contribution < 1.29 is 4.92 Å². The lowest BCUT2D eigenvalue weighted by atomic mass is 10.3. The Morgan fingerprint density at radius 1 is 1.39 bits per heavy atom. The molecular formula is C10H9N5O3. The summed E-state index contributed by atoms with van der Waals surface area (Å²) in [5.41, 5.74) is -0.664. The van der Waals surface area contributed by atoms with Gasteiger partial charge in [0.15, 0.2) is 0 Å². The number of rotatable bonds is 3. The van der Waals surface area contributed by atoms with Crippen molar-refractivity contribution in [3.63, 3.8) is 0 Å². The molecule has 0 aliphatic heterocycles. The highest BCUT2D eigenvalue weighted by Crippen LogP contribution is 2.21. The number of nitrogens with zero attached hydrogens (tertiary/aromatic N) is 3. The molecule has 8 heteroatoms. The zero-order valence-electron chi connectivity index (χ0n) is 9.38. The predicted octanol–water partition coefficient (Wildman–Crippen LogP) is 1.13. The number of anilines is 2. The van der Waals surface area contributed by atoms with Gasteiger partial charge in [0.25, 0.3) is 0 Å². The van der Waals surface area contributed by atoms with Gasteiger partial charge in [-0.05, 0) is 18.6 Å². The molecule has 0 atom stereocenters. The molecule has 18 heavy (non-hydrogen) atoms. The van der Waals surface area contributed by atoms with Crippen LogP contribution in [0.15, 0.2) is 29.5 Å². The summed E-state index contributed by atoms with van der Waals surface area (Å²) in [6.45, 7) is 1.79. The molecule has 8 nitrogen and oxygen atoms in total. The van der Waals surface area contributed by atoms with E-state index in [-0.39, 0.29) is 5.82 Å². The van der Waals surface area contributed by atoms with E-state index in [0.717, 1.165) is 11.9 Å². The summed E-state index contributed by atoms with van der Waals surface area (Å²) in [5.74, 6) is 0.282. The summed E-state index contributed by atoms with van der Waals surface area (Å²) in [6.07, 6.45) is 2.63. The number of aryl methyl sites for hydroxylation is 1. The van der Waals surface area contributed by atoms with Crippen LogP contribution in [0.5, 0.6) is 0 Å². The van der Waals surface area contributed by atoms with Gasteiger partial charge in [0.2, 0.25) is 5.82 Å². The Labute approximate surface area is 101 Å². The summed E-state index contributed by atoms with van der Waals surface area (Å²) < 4.78 is 0. The molecule has 0 aromatic carbocycles. The van der Waals surface area contributed by atoms with Gasteiger partial charge in [0.05, 0.1) is 11.3 Å². The second-order valence-corrected chi connectivity index (χ2v) is 3.48. The second kappa shape index (κ2) is 4.62. The maximum Gasteiger partial charge on any atom is 0.376 e. The number of H-pyrrole nitrogens is 1. The van der Waals surface area contributed by atoms with Crippen molar-refractivity contribution in [2.75, 3.05) is 5.32 Å². The van der Waals surface area contributed by atoms with Crippen LogP contribution in [-0.4, -0.2) is 19.9 Å². The van der Waals surface area contributed by atoms with E-state index in [1.54, 1.807) is 19.1 Å². The number of aromatic amines is 1. The molecule has 0 aliphatic carbocycles. The van der Waals surface area contributed by atoms with E-state index in [4.69, 9.17) is 0 Å². The van der Waals surface area contributed by atoms with E-state index in [1.165, 1.54) is 6.20 Å². The predicted molar refractivity (Wildman–Crippen MR) is 63.8 cm³/mol. The van der Waals surface area contributed by atoms with Gasteiger partial charge >= 0.3 is 11.2 Å². The average molecular weight is 247 g/mol. The van der Waals surface area contributed by atoms with Crippen molar-refractivity contribution in [1.82, 2.24) is 15.0 Å². The molecule has 0 unspecified atom stereocenters. The first kappa shape index (κ1) is 11.7. The van der Waals surface area contributed by atoms with Gasteiger partial charge in [-0.25, -0.2) is 9.97 Å². The lowest BCUT2D eigenvalue weighted by molar-refractivity contribution is -0.385. The summed E-state index contributed by atoms with van der Waals surface area (Å²) in [5, 5.41) is 13.5. The summed E-state index contributed by atoms with van der Waals surface area (Å²) in [4.78, 5) is 31.3. The molecule has 0 saturated carbocycles. The molecule has 92 valence electrons. The molecular weight excluding hydrogens is 238 g/mol. The van der Waals surface area contributed by atoms with Crippen LogP contribution < -0.4 is 10.9 Å². The zero-order valence-corrected chi connectivity index (χ0v) is 9.38. The number of hydrogen-bond donors (Lipinski definition) is 2. The standard InChI is InChI=1S/C10H9N5O3/c1-6-3-2-4-11-8(6)14-9-7(15(17)18)10(16)13-5-12-9/h2-5H,1H3,(H2,11,12,13,14,16). The lowest BCUT2D eigenvalue weighted by Gasteiger charge is -2.06. The van der Waals surface area contributed by atoms with Gasteiger partial charge in [0, 0.05) is 6.20 Å². The van der Waals surface area contributed by atoms with Crippen molar-refractivity contribution in [2.45, 2.75) is 6.92 Å². The molecule has 2 rings (SSSR count). The fourth-order valence-corrected chi connectivity index (χ4v) is 1.38. The Bertz CT molecular complexity index is 652. The van der Waals surface area contributed by atoms with Crippen molar-refractivity contribution in [1.29, 1.82) is 0 Å². The van der Waals surface area contributed by atoms with Crippen LogP contribution in [0.25, 0.3) is 0 Å². The second-order valence-electron chi connectivity index (χ2n) is 3.48. The number of nitro groups is 1. The van der Waals surface area contributed by atoms with Crippen LogP contribution in [0.2, 0.25) is 0 Å². The number of pyridine rings is 1. The van der Waals surface area contributed by atoms with Crippen LogP contribution in [0, 0.1) is 17.0 Å². The Balaban J connectivity index is 2.48. The van der Waals surface area contributed by atoms with Crippen LogP contribution in [-0.2, 0) is 0 Å². The van der Waals surface area contributed by atoms with Crippen molar-refractivity contribution >= 4 is 17.3 Å². The minimum Gasteiger partial charge on any atom is -0.319 e. The molecule has 2 heterocycles. The van der Waals surface area contributed by atoms with E-state index >= 15 is 0 Å². The average Bonchev–Trinajstić information content (AvgIpc) is 2.31. The normalized spacial score (nSPS) is 10.1. The quantitative estimate of drug-likeness (QED) is 0.620. The number of aromatic nitrogens is 3. The fourth-order valence-electron chi connectivity index (χ4n) is 1.38. The monoisotopic (exact) mass is 247 g/mol. The van der Waals surface area contributed by atoms with Crippen molar-refractivity contribution in [3.8, 4) is 0 Å². The van der Waals surface area contributed by atoms with Crippen molar-refractivity contribution in [3.05, 3.63) is 50.7 Å². The highest BCUT2D eigenvalue weighted by molar-refractivity contribution is 5.63. The van der Waals surface area contributed by atoms with Crippen LogP contribution in [0.3, 0.4) is 0 Å². The lowest BCUT2D eigenvalue weighted by Crippen LogP contribution is -2.15. The highest BCUT2D eigenvalue weighted by atomic mass is 16.6. The van der Waals surface area contributed by atoms with Gasteiger partial charge in [-0.3, -0.25) is 14.9 Å². The van der Waals surface area contributed by atoms with Gasteiger partial charge < -0.3 is 10.3 Å². The Kier molecular flexibility index (Phi) is 3.00. The fraction of sp³-hybridized carbons (Fsp3) is 0.100. The number of hydrogen-bond acceptors (Lipinski definition) is 6. The third kappa shape index (κ3) is 2.17. The van der Waals surface area contributed by atoms with Gasteiger partial charge in [-0.1, -0.05) is 6.07 Å². The molecule has 0 radical (unpaired) electrons. The molecule has 0 fully saturated rings. The molecule has 0 saturated heterocycles. The first-order valence-corrected chi connectivity index (χ1v) is 5.00. The first-order valence-electron chi connectivity index (χ1n) is 5.00. The molecule has 0 bridgehead atoms. The molecule has 0 amide bonds. The topological polar surface area (TPSA) is 114 Å². The third-order valence-electron chi connectivity index (χ3n) is 2.26. The van der Waals surface area contributed by atoms with Gasteiger partial charge in [-0.2, -0.15) is 0 Å². The smallest absolute Gasteiger partial charge is 0.319 e. The Morgan fingerprint density at radius 3 is 2.83 bits per heavy atom. The van der Waals surface area contributed by atoms with E-state index in [9.17, 15) is 14.9 Å². The largest absolute Gasteiger partial charge is 0.376 e. The van der Waals surface area contributed by atoms with Crippen LogP contribution in [0.1, 0.15) is 5.56 Å². The molecule has 2 aromatic rings. The zero-order chi connectivity index (χ0) is 13.1. The summed E-state index contributed by atoms with van der Waals surface area (Å²) >= 11 is 0. The highest BCUT2D eigenvalue weighted by Gasteiger charge is 2.21. The minimum absolute atomic E-state index is 0.134. The van der Waals surface area contributed by atoms with Crippen molar-refractivity contribution in [2.24, 2.45) is 0 Å². The molecule has 2 N–H and O–H groups in total. The minimum atomic E-state index is -0.814.